The molecule has 0 aromatic rings. The van der Waals surface area contributed by atoms with Crippen LogP contribution in [0.25, 0.3) is 0 Å². The van der Waals surface area contributed by atoms with Crippen LogP contribution in [0.2, 0.25) is 0 Å². The number of esters is 2. The third kappa shape index (κ3) is 7.95. The van der Waals surface area contributed by atoms with Crippen molar-refractivity contribution in [1.29, 1.82) is 0 Å². The summed E-state index contributed by atoms with van der Waals surface area (Å²) in [6, 6.07) is 0. The molecule has 0 saturated heterocycles. The number of ether oxygens (including phenoxy) is 2. The SMILES string of the molecule is C[C@H]1CC[C@@H](O)/C=C/C(=O)O[C@@H](C)CC[C@@H](O)/C=C/C(=O)O1. The minimum atomic E-state index is -0.797. The molecule has 6 nitrogen and oxygen atoms in total. The number of hydrogen-bond acceptors (Lipinski definition) is 6. The minimum absolute atomic E-state index is 0.361. The van der Waals surface area contributed by atoms with Gasteiger partial charge in [-0.1, -0.05) is 0 Å². The summed E-state index contributed by atoms with van der Waals surface area (Å²) in [6.07, 6.45) is 4.44. The van der Waals surface area contributed by atoms with Gasteiger partial charge >= 0.3 is 11.9 Å². The van der Waals surface area contributed by atoms with Crippen LogP contribution >= 0.6 is 0 Å². The van der Waals surface area contributed by atoms with Crippen LogP contribution in [0.5, 0.6) is 0 Å². The molecule has 2 N–H and O–H groups in total. The second-order valence-corrected chi connectivity index (χ2v) is 5.50. The summed E-state index contributed by atoms with van der Waals surface area (Å²) in [5, 5.41) is 19.5. The lowest BCUT2D eigenvalue weighted by atomic mass is 10.1. The summed E-state index contributed by atoms with van der Waals surface area (Å²) < 4.78 is 10.3. The molecule has 0 radical (unpaired) electrons. The van der Waals surface area contributed by atoms with E-state index in [1.807, 2.05) is 0 Å². The molecule has 22 heavy (non-hydrogen) atoms. The molecule has 1 rings (SSSR count). The first kappa shape index (κ1) is 18.4. The maximum absolute atomic E-state index is 11.6. The molecule has 1 aliphatic heterocycles. The molecule has 0 aromatic heterocycles. The van der Waals surface area contributed by atoms with Crippen LogP contribution in [0, 0.1) is 0 Å². The van der Waals surface area contributed by atoms with Crippen molar-refractivity contribution in [1.82, 2.24) is 0 Å². The average Bonchev–Trinajstić information content (AvgIpc) is 2.46. The summed E-state index contributed by atoms with van der Waals surface area (Å²) in [5.74, 6) is -1.05. The topological polar surface area (TPSA) is 93.1 Å². The zero-order chi connectivity index (χ0) is 16.5. The maximum atomic E-state index is 11.6. The van der Waals surface area contributed by atoms with Crippen LogP contribution in [0.3, 0.4) is 0 Å². The van der Waals surface area contributed by atoms with Crippen molar-refractivity contribution in [3.05, 3.63) is 24.3 Å². The number of carbonyl (C=O) groups is 2. The molecule has 0 fully saturated rings. The van der Waals surface area contributed by atoms with Crippen molar-refractivity contribution >= 4 is 11.9 Å². The summed E-state index contributed by atoms with van der Waals surface area (Å²) >= 11 is 0. The van der Waals surface area contributed by atoms with Crippen LogP contribution < -0.4 is 0 Å². The van der Waals surface area contributed by atoms with Gasteiger partial charge in [-0.3, -0.25) is 0 Å². The monoisotopic (exact) mass is 312 g/mol. The molecule has 0 unspecified atom stereocenters. The Kier molecular flexibility index (Phi) is 7.84. The Bertz CT molecular complexity index is 388. The van der Waals surface area contributed by atoms with Crippen molar-refractivity contribution in [2.24, 2.45) is 0 Å². The first-order chi connectivity index (χ1) is 10.4. The van der Waals surface area contributed by atoms with Gasteiger partial charge in [-0.25, -0.2) is 9.59 Å². The normalized spacial score (nSPS) is 35.3. The molecule has 124 valence electrons. The van der Waals surface area contributed by atoms with E-state index in [0.29, 0.717) is 25.7 Å². The predicted octanol–water partition coefficient (Wildman–Crippen LogP) is 1.26. The molecule has 6 heteroatoms. The van der Waals surface area contributed by atoms with Crippen LogP contribution in [0.1, 0.15) is 39.5 Å². The van der Waals surface area contributed by atoms with Crippen LogP contribution in [-0.4, -0.2) is 46.6 Å². The number of hydrogen-bond donors (Lipinski definition) is 2. The van der Waals surface area contributed by atoms with Crippen LogP contribution in [-0.2, 0) is 19.1 Å². The molecular weight excluding hydrogens is 288 g/mol. The quantitative estimate of drug-likeness (QED) is 0.654. The molecule has 0 saturated carbocycles. The fourth-order valence-electron chi connectivity index (χ4n) is 1.98. The minimum Gasteiger partial charge on any atom is -0.460 e. The number of aliphatic hydroxyl groups is 2. The van der Waals surface area contributed by atoms with Gasteiger partial charge in [0.1, 0.15) is 0 Å². The molecule has 1 aliphatic rings. The highest BCUT2D eigenvalue weighted by atomic mass is 16.5. The van der Waals surface area contributed by atoms with E-state index in [2.05, 4.69) is 0 Å². The van der Waals surface area contributed by atoms with E-state index in [1.165, 1.54) is 24.3 Å². The summed E-state index contributed by atoms with van der Waals surface area (Å²) in [6.45, 7) is 3.44. The molecule has 0 amide bonds. The zero-order valence-electron chi connectivity index (χ0n) is 13.0. The van der Waals surface area contributed by atoms with E-state index in [0.717, 1.165) is 0 Å². The largest absolute Gasteiger partial charge is 0.460 e. The maximum Gasteiger partial charge on any atom is 0.330 e. The first-order valence-electron chi connectivity index (χ1n) is 7.50. The molecule has 0 bridgehead atoms. The van der Waals surface area contributed by atoms with Crippen molar-refractivity contribution in [3.63, 3.8) is 0 Å². The van der Waals surface area contributed by atoms with Crippen molar-refractivity contribution in [2.45, 2.75) is 63.9 Å². The predicted molar refractivity (Wildman–Crippen MR) is 79.9 cm³/mol. The number of aliphatic hydroxyl groups excluding tert-OH is 2. The average molecular weight is 312 g/mol. The smallest absolute Gasteiger partial charge is 0.330 e. The lowest BCUT2D eigenvalue weighted by Crippen LogP contribution is -2.18. The van der Waals surface area contributed by atoms with E-state index in [9.17, 15) is 19.8 Å². The van der Waals surface area contributed by atoms with E-state index >= 15 is 0 Å². The van der Waals surface area contributed by atoms with Crippen LogP contribution in [0.4, 0.5) is 0 Å². The Hall–Kier alpha value is -1.66. The van der Waals surface area contributed by atoms with Crippen molar-refractivity contribution < 1.29 is 29.3 Å². The Morgan fingerprint density at radius 2 is 1.18 bits per heavy atom. The Morgan fingerprint density at radius 1 is 0.818 bits per heavy atom. The van der Waals surface area contributed by atoms with E-state index in [1.54, 1.807) is 13.8 Å². The number of rotatable bonds is 0. The van der Waals surface area contributed by atoms with Gasteiger partial charge in [0.2, 0.25) is 0 Å². The van der Waals surface area contributed by atoms with Gasteiger partial charge in [-0.05, 0) is 51.7 Å². The van der Waals surface area contributed by atoms with Gasteiger partial charge in [0.15, 0.2) is 0 Å². The zero-order valence-corrected chi connectivity index (χ0v) is 13.0. The second kappa shape index (κ2) is 9.38. The summed E-state index contributed by atoms with van der Waals surface area (Å²) in [5.41, 5.74) is 0. The lowest BCUT2D eigenvalue weighted by molar-refractivity contribution is -0.143. The van der Waals surface area contributed by atoms with Crippen molar-refractivity contribution in [3.8, 4) is 0 Å². The second-order valence-electron chi connectivity index (χ2n) is 5.50. The van der Waals surface area contributed by atoms with E-state index in [-0.39, 0.29) is 12.2 Å². The van der Waals surface area contributed by atoms with E-state index < -0.39 is 24.1 Å². The Labute approximate surface area is 130 Å². The molecule has 0 aliphatic carbocycles. The van der Waals surface area contributed by atoms with Gasteiger partial charge in [-0.15, -0.1) is 0 Å². The summed E-state index contributed by atoms with van der Waals surface area (Å²) in [4.78, 5) is 23.1. The standard InChI is InChI=1S/C16H24O6/c1-11-3-5-13(17)8-10-16(20)22-12(2)4-6-14(18)7-9-15(19)21-11/h7-14,17-18H,3-6H2,1-2H3/b9-7+,10-8+/t11-,12-,13+,14+/m0/s1. The lowest BCUT2D eigenvalue weighted by Gasteiger charge is -2.15. The fourth-order valence-corrected chi connectivity index (χ4v) is 1.98. The highest BCUT2D eigenvalue weighted by Crippen LogP contribution is 2.10. The molecular formula is C16H24O6. The van der Waals surface area contributed by atoms with Gasteiger partial charge in [0, 0.05) is 12.2 Å². The first-order valence-corrected chi connectivity index (χ1v) is 7.50. The third-order valence-electron chi connectivity index (χ3n) is 3.28. The Balaban J connectivity index is 2.70. The van der Waals surface area contributed by atoms with Crippen LogP contribution in [0.15, 0.2) is 24.3 Å². The van der Waals surface area contributed by atoms with Crippen molar-refractivity contribution in [2.75, 3.05) is 0 Å². The van der Waals surface area contributed by atoms with E-state index in [4.69, 9.17) is 9.47 Å². The van der Waals surface area contributed by atoms with Gasteiger partial charge < -0.3 is 19.7 Å². The highest BCUT2D eigenvalue weighted by Gasteiger charge is 2.13. The van der Waals surface area contributed by atoms with Gasteiger partial charge in [0.05, 0.1) is 24.4 Å². The molecule has 4 atom stereocenters. The highest BCUT2D eigenvalue weighted by molar-refractivity contribution is 5.82. The molecule has 0 aromatic carbocycles. The fraction of sp³-hybridized carbons (Fsp3) is 0.625. The van der Waals surface area contributed by atoms with Gasteiger partial charge in [0.25, 0.3) is 0 Å². The summed E-state index contributed by atoms with van der Waals surface area (Å²) in [7, 11) is 0. The Morgan fingerprint density at radius 3 is 1.55 bits per heavy atom. The number of carbonyl (C=O) groups excluding carboxylic acids is 2. The van der Waals surface area contributed by atoms with Gasteiger partial charge in [-0.2, -0.15) is 0 Å². The molecule has 1 heterocycles. The molecule has 0 spiro atoms. The number of cyclic esters (lactones) is 2. The third-order valence-corrected chi connectivity index (χ3v) is 3.28.